The molecular weight excluding hydrogens is 218 g/mol. The molecule has 0 bridgehead atoms. The third kappa shape index (κ3) is 6.91. The molecule has 0 radical (unpaired) electrons. The highest BCUT2D eigenvalue weighted by atomic mass is 31.2. The Balaban J connectivity index is 4.19. The van der Waals surface area contributed by atoms with E-state index in [4.69, 9.17) is 0 Å². The maximum absolute atomic E-state index is 2.43. The third-order valence-electron chi connectivity index (χ3n) is 2.85. The second-order valence-electron chi connectivity index (χ2n) is 4.95. The van der Waals surface area contributed by atoms with Gasteiger partial charge in [0, 0.05) is 0 Å². The summed E-state index contributed by atoms with van der Waals surface area (Å²) in [5, 5.41) is 0. The molecule has 0 nitrogen and oxygen atoms in total. The van der Waals surface area contributed by atoms with Crippen molar-refractivity contribution in [2.75, 3.05) is 18.2 Å². The summed E-state index contributed by atoms with van der Waals surface area (Å²) in [7, 11) is 0.651. The molecule has 0 aromatic rings. The Hall–Kier alpha value is 0.860. The lowest BCUT2D eigenvalue weighted by molar-refractivity contribution is 1.02. The SMILES string of the molecule is CCCP(CP(CCC)C(C)C)C(C)C. The Morgan fingerprint density at radius 3 is 1.27 bits per heavy atom. The van der Waals surface area contributed by atoms with Crippen LogP contribution in [-0.2, 0) is 0 Å². The van der Waals surface area contributed by atoms with Crippen LogP contribution in [0.3, 0.4) is 0 Å². The fraction of sp³-hybridized carbons (Fsp3) is 1.00. The van der Waals surface area contributed by atoms with Crippen molar-refractivity contribution in [3.8, 4) is 0 Å². The van der Waals surface area contributed by atoms with E-state index < -0.39 is 0 Å². The summed E-state index contributed by atoms with van der Waals surface area (Å²) < 4.78 is 0. The van der Waals surface area contributed by atoms with Crippen molar-refractivity contribution in [2.45, 2.75) is 65.7 Å². The van der Waals surface area contributed by atoms with Gasteiger partial charge in [-0.15, -0.1) is 0 Å². The zero-order valence-corrected chi connectivity index (χ0v) is 13.4. The summed E-state index contributed by atoms with van der Waals surface area (Å²) in [6.07, 6.45) is 5.78. The minimum Gasteiger partial charge on any atom is -0.0997 e. The van der Waals surface area contributed by atoms with Gasteiger partial charge in [-0.2, -0.15) is 0 Å². The lowest BCUT2D eigenvalue weighted by Gasteiger charge is -2.29. The zero-order valence-electron chi connectivity index (χ0n) is 11.6. The lowest BCUT2D eigenvalue weighted by Crippen LogP contribution is -2.06. The molecule has 2 unspecified atom stereocenters. The summed E-state index contributed by atoms with van der Waals surface area (Å²) in [4.78, 5) is 0. The first-order chi connectivity index (χ1) is 7.02. The van der Waals surface area contributed by atoms with Crippen LogP contribution in [0.4, 0.5) is 0 Å². The average molecular weight is 248 g/mol. The molecule has 0 heterocycles. The van der Waals surface area contributed by atoms with Gasteiger partial charge in [-0.25, -0.2) is 0 Å². The van der Waals surface area contributed by atoms with Crippen molar-refractivity contribution in [3.63, 3.8) is 0 Å². The van der Waals surface area contributed by atoms with Gasteiger partial charge in [0.15, 0.2) is 0 Å². The molecule has 2 heteroatoms. The Bertz CT molecular complexity index is 127. The van der Waals surface area contributed by atoms with Gasteiger partial charge in [-0.3, -0.25) is 0 Å². The topological polar surface area (TPSA) is 0 Å². The second kappa shape index (κ2) is 8.95. The summed E-state index contributed by atoms with van der Waals surface area (Å²) in [5.74, 6) is 1.58. The maximum Gasteiger partial charge on any atom is -0.0116 e. The van der Waals surface area contributed by atoms with E-state index >= 15 is 0 Å². The van der Waals surface area contributed by atoms with Gasteiger partial charge in [-0.1, -0.05) is 70.2 Å². The van der Waals surface area contributed by atoms with Crippen LogP contribution in [0.15, 0.2) is 0 Å². The van der Waals surface area contributed by atoms with Crippen LogP contribution in [0, 0.1) is 0 Å². The van der Waals surface area contributed by atoms with E-state index in [0.717, 1.165) is 11.3 Å². The predicted octanol–water partition coefficient (Wildman–Crippen LogP) is 5.54. The van der Waals surface area contributed by atoms with Gasteiger partial charge in [-0.05, 0) is 29.5 Å². The van der Waals surface area contributed by atoms with Crippen molar-refractivity contribution >= 4 is 15.8 Å². The molecular formula is C13H30P2. The number of hydrogen-bond donors (Lipinski definition) is 0. The minimum atomic E-state index is 0.326. The average Bonchev–Trinajstić information content (AvgIpc) is 2.15. The summed E-state index contributed by atoms with van der Waals surface area (Å²) in [5.41, 5.74) is 1.89. The Labute approximate surface area is 100 Å². The highest BCUT2D eigenvalue weighted by Gasteiger charge is 2.19. The first kappa shape index (κ1) is 15.9. The molecule has 0 aromatic heterocycles. The minimum absolute atomic E-state index is 0.326. The molecule has 0 saturated heterocycles. The number of hydrogen-bond acceptors (Lipinski definition) is 0. The Kier molecular flexibility index (Phi) is 9.46. The van der Waals surface area contributed by atoms with Gasteiger partial charge in [0.25, 0.3) is 0 Å². The predicted molar refractivity (Wildman–Crippen MR) is 79.3 cm³/mol. The molecule has 0 saturated carbocycles. The summed E-state index contributed by atoms with van der Waals surface area (Å²) in [6, 6.07) is 0. The Morgan fingerprint density at radius 1 is 0.733 bits per heavy atom. The first-order valence-electron chi connectivity index (χ1n) is 6.50. The molecule has 0 spiro atoms. The van der Waals surface area contributed by atoms with Crippen molar-refractivity contribution < 1.29 is 0 Å². The second-order valence-corrected chi connectivity index (χ2v) is 11.4. The van der Waals surface area contributed by atoms with E-state index in [1.807, 2.05) is 0 Å². The molecule has 0 rings (SSSR count). The van der Waals surface area contributed by atoms with Crippen LogP contribution in [0.1, 0.15) is 54.4 Å². The number of rotatable bonds is 8. The first-order valence-corrected chi connectivity index (χ1v) is 10.1. The molecule has 0 aliphatic rings. The van der Waals surface area contributed by atoms with Gasteiger partial charge in [0.1, 0.15) is 0 Å². The third-order valence-corrected chi connectivity index (χ3v) is 10.7. The maximum atomic E-state index is 2.43. The Morgan fingerprint density at radius 2 is 1.07 bits per heavy atom. The van der Waals surface area contributed by atoms with E-state index in [-0.39, 0.29) is 0 Å². The molecule has 0 amide bonds. The quantitative estimate of drug-likeness (QED) is 0.494. The standard InChI is InChI=1S/C13H30P2/c1-7-9-14(12(3)4)11-15(10-8-2)13(5)6/h12-13H,7-11H2,1-6H3. The van der Waals surface area contributed by atoms with E-state index in [1.54, 1.807) is 5.90 Å². The van der Waals surface area contributed by atoms with Gasteiger partial charge < -0.3 is 0 Å². The normalized spacial score (nSPS) is 16.0. The molecule has 92 valence electrons. The largest absolute Gasteiger partial charge is 0.0997 e. The molecule has 0 aliphatic heterocycles. The van der Waals surface area contributed by atoms with Crippen LogP contribution in [0.5, 0.6) is 0 Å². The lowest BCUT2D eigenvalue weighted by atomic mass is 10.6. The van der Waals surface area contributed by atoms with Crippen molar-refractivity contribution in [3.05, 3.63) is 0 Å². The van der Waals surface area contributed by atoms with Gasteiger partial charge in [0.05, 0.1) is 0 Å². The molecule has 0 fully saturated rings. The van der Waals surface area contributed by atoms with Gasteiger partial charge >= 0.3 is 0 Å². The summed E-state index contributed by atoms with van der Waals surface area (Å²) in [6.45, 7) is 14.4. The van der Waals surface area contributed by atoms with Crippen LogP contribution in [0.2, 0.25) is 0 Å². The van der Waals surface area contributed by atoms with Crippen molar-refractivity contribution in [2.24, 2.45) is 0 Å². The fourth-order valence-electron chi connectivity index (χ4n) is 1.79. The highest BCUT2D eigenvalue weighted by molar-refractivity contribution is 7.75. The van der Waals surface area contributed by atoms with Crippen LogP contribution in [-0.4, -0.2) is 29.5 Å². The van der Waals surface area contributed by atoms with Gasteiger partial charge in [0.2, 0.25) is 0 Å². The van der Waals surface area contributed by atoms with E-state index in [2.05, 4.69) is 41.5 Å². The zero-order chi connectivity index (χ0) is 11.8. The van der Waals surface area contributed by atoms with Crippen molar-refractivity contribution in [1.29, 1.82) is 0 Å². The monoisotopic (exact) mass is 248 g/mol. The molecule has 0 N–H and O–H groups in total. The van der Waals surface area contributed by atoms with Crippen LogP contribution >= 0.6 is 15.8 Å². The highest BCUT2D eigenvalue weighted by Crippen LogP contribution is 2.56. The fourth-order valence-corrected chi connectivity index (χ4v) is 9.58. The molecule has 2 atom stereocenters. The summed E-state index contributed by atoms with van der Waals surface area (Å²) >= 11 is 0. The van der Waals surface area contributed by atoms with E-state index in [9.17, 15) is 0 Å². The smallest absolute Gasteiger partial charge is 0.0116 e. The molecule has 15 heavy (non-hydrogen) atoms. The van der Waals surface area contributed by atoms with Crippen molar-refractivity contribution in [1.82, 2.24) is 0 Å². The van der Waals surface area contributed by atoms with E-state index in [1.165, 1.54) is 25.2 Å². The van der Waals surface area contributed by atoms with Crippen LogP contribution in [0.25, 0.3) is 0 Å². The van der Waals surface area contributed by atoms with Crippen LogP contribution < -0.4 is 0 Å². The molecule has 0 aromatic carbocycles. The molecule has 0 aliphatic carbocycles. The van der Waals surface area contributed by atoms with E-state index in [0.29, 0.717) is 15.8 Å².